The molecule has 0 aliphatic heterocycles. The Morgan fingerprint density at radius 3 is 2.57 bits per heavy atom. The number of hydrogen-bond acceptors (Lipinski definition) is 6. The van der Waals surface area contributed by atoms with Gasteiger partial charge in [0.1, 0.15) is 12.4 Å². The van der Waals surface area contributed by atoms with E-state index in [1.54, 1.807) is 24.3 Å². The van der Waals surface area contributed by atoms with Gasteiger partial charge >= 0.3 is 18.3 Å². The summed E-state index contributed by atoms with van der Waals surface area (Å²) in [6.07, 6.45) is -6.20. The smallest absolute Gasteiger partial charge is 0.333 e. The summed E-state index contributed by atoms with van der Waals surface area (Å²) in [4.78, 5) is 24.0. The van der Waals surface area contributed by atoms with E-state index in [2.05, 4.69) is 15.2 Å². The predicted molar refractivity (Wildman–Crippen MR) is 123 cm³/mol. The molecule has 0 bridgehead atoms. The highest BCUT2D eigenvalue weighted by molar-refractivity contribution is 6.33. The number of ether oxygens (including phenoxy) is 2. The molecule has 0 fully saturated rings. The normalized spacial score (nSPS) is 12.4. The molecular formula is C24H21ClF4N2O6. The van der Waals surface area contributed by atoms with E-state index in [0.29, 0.717) is 27.5 Å². The average Bonchev–Trinajstić information content (AvgIpc) is 3.35. The van der Waals surface area contributed by atoms with E-state index in [-0.39, 0.29) is 18.0 Å². The Balaban J connectivity index is 1.69. The number of nitrogens with zero attached hydrogens (tertiary/aromatic N) is 1. The van der Waals surface area contributed by atoms with Crippen molar-refractivity contribution < 1.29 is 46.3 Å². The number of carboxylic acid groups (broad SMARTS) is 1. The molecule has 1 amide bonds. The lowest BCUT2D eigenvalue weighted by Gasteiger charge is -2.20. The summed E-state index contributed by atoms with van der Waals surface area (Å²) in [5.74, 6) is -6.05. The molecule has 1 unspecified atom stereocenters. The maximum atomic E-state index is 13.2. The van der Waals surface area contributed by atoms with Crippen LogP contribution in [0, 0.1) is 0 Å². The van der Waals surface area contributed by atoms with Crippen molar-refractivity contribution in [2.75, 3.05) is 13.7 Å². The van der Waals surface area contributed by atoms with E-state index >= 15 is 0 Å². The number of halogens is 5. The summed E-state index contributed by atoms with van der Waals surface area (Å²) in [7, 11) is 1.38. The molecule has 0 radical (unpaired) electrons. The molecule has 0 saturated heterocycles. The molecule has 0 spiro atoms. The third-order valence-corrected chi connectivity index (χ3v) is 5.49. The third-order valence-electron chi connectivity index (χ3n) is 5.16. The first-order valence-corrected chi connectivity index (χ1v) is 11.1. The Labute approximate surface area is 213 Å². The first-order chi connectivity index (χ1) is 17.5. The number of nitrogens with one attached hydrogen (secondary N) is 1. The van der Waals surface area contributed by atoms with Crippen molar-refractivity contribution in [3.05, 3.63) is 70.4 Å². The number of amides is 1. The van der Waals surface area contributed by atoms with Gasteiger partial charge in [0, 0.05) is 30.2 Å². The summed E-state index contributed by atoms with van der Waals surface area (Å²) in [5, 5.41) is 16.1. The largest absolute Gasteiger partial charge is 0.496 e. The molecule has 0 aliphatic rings. The molecule has 8 nitrogen and oxygen atoms in total. The Morgan fingerprint density at radius 2 is 1.92 bits per heavy atom. The number of carboxylic acids is 1. The number of alkyl halides is 4. The Hall–Kier alpha value is -3.64. The van der Waals surface area contributed by atoms with Gasteiger partial charge in [-0.3, -0.25) is 4.79 Å². The molecule has 3 rings (SSSR count). The number of hydrogen-bond donors (Lipinski definition) is 2. The van der Waals surface area contributed by atoms with Gasteiger partial charge in [-0.05, 0) is 23.8 Å². The van der Waals surface area contributed by atoms with Gasteiger partial charge in [-0.25, -0.2) is 13.6 Å². The van der Waals surface area contributed by atoms with Crippen LogP contribution in [0.15, 0.2) is 53.1 Å². The lowest BCUT2D eigenvalue weighted by atomic mass is 10.0. The van der Waals surface area contributed by atoms with Gasteiger partial charge in [-0.1, -0.05) is 41.0 Å². The van der Waals surface area contributed by atoms with Crippen LogP contribution in [0.3, 0.4) is 0 Å². The summed E-state index contributed by atoms with van der Waals surface area (Å²) in [6, 6.07) is 12.7. The molecule has 1 aromatic heterocycles. The van der Waals surface area contributed by atoms with Crippen molar-refractivity contribution in [2.24, 2.45) is 0 Å². The number of rotatable bonds is 12. The second kappa shape index (κ2) is 12.1. The zero-order valence-corrected chi connectivity index (χ0v) is 20.0. The average molecular weight is 545 g/mol. The molecule has 1 atom stereocenters. The number of carbonyl (C=O) groups is 2. The summed E-state index contributed by atoms with van der Waals surface area (Å²) >= 11 is 6.13. The zero-order valence-electron chi connectivity index (χ0n) is 19.2. The van der Waals surface area contributed by atoms with Crippen LogP contribution in [-0.4, -0.2) is 54.3 Å². The summed E-state index contributed by atoms with van der Waals surface area (Å²) in [5.41, 5.74) is 1.27. The molecule has 0 saturated carbocycles. The van der Waals surface area contributed by atoms with Crippen LogP contribution in [0.5, 0.6) is 5.75 Å². The van der Waals surface area contributed by atoms with Gasteiger partial charge < -0.3 is 24.4 Å². The second-order valence-electron chi connectivity index (χ2n) is 7.79. The van der Waals surface area contributed by atoms with Crippen LogP contribution < -0.4 is 10.1 Å². The zero-order chi connectivity index (χ0) is 27.2. The van der Waals surface area contributed by atoms with Crippen LogP contribution in [0.4, 0.5) is 17.6 Å². The molecule has 2 aromatic carbocycles. The van der Waals surface area contributed by atoms with E-state index in [1.807, 2.05) is 0 Å². The van der Waals surface area contributed by atoms with Gasteiger partial charge in [-0.15, -0.1) is 0 Å². The van der Waals surface area contributed by atoms with E-state index in [9.17, 15) is 32.3 Å². The molecular weight excluding hydrogens is 524 g/mol. The molecule has 0 aliphatic carbocycles. The maximum absolute atomic E-state index is 13.2. The van der Waals surface area contributed by atoms with E-state index < -0.39 is 43.4 Å². The number of benzene rings is 2. The standard InChI is InChI=1S/C24H21ClF4N2O6/c1-35-18-7-6-13(9-20(22(33)34)36-12-24(28,29)23(26)27)8-14(18)11-30-21(32)17-10-19(37-31-17)15-4-2-3-5-16(15)25/h2-8,10,20,23H,9,11-12H2,1H3,(H,30,32)(H,33,34). The van der Waals surface area contributed by atoms with Crippen molar-refractivity contribution in [3.8, 4) is 17.1 Å². The van der Waals surface area contributed by atoms with Crippen molar-refractivity contribution in [1.29, 1.82) is 0 Å². The van der Waals surface area contributed by atoms with Crippen LogP contribution >= 0.6 is 11.6 Å². The highest BCUT2D eigenvalue weighted by Crippen LogP contribution is 2.28. The third kappa shape index (κ3) is 7.20. The monoisotopic (exact) mass is 544 g/mol. The predicted octanol–water partition coefficient (Wildman–Crippen LogP) is 4.85. The number of methoxy groups -OCH3 is 1. The van der Waals surface area contributed by atoms with Gasteiger partial charge in [0.05, 0.1) is 12.1 Å². The Bertz CT molecular complexity index is 1250. The first-order valence-electron chi connectivity index (χ1n) is 10.7. The minimum Gasteiger partial charge on any atom is -0.496 e. The second-order valence-corrected chi connectivity index (χ2v) is 8.20. The fourth-order valence-electron chi connectivity index (χ4n) is 3.24. The minimum absolute atomic E-state index is 0.0238. The molecule has 2 N–H and O–H groups in total. The van der Waals surface area contributed by atoms with Crippen LogP contribution in [0.25, 0.3) is 11.3 Å². The lowest BCUT2D eigenvalue weighted by Crippen LogP contribution is -2.37. The number of aliphatic carboxylic acids is 1. The van der Waals surface area contributed by atoms with Gasteiger partial charge in [0.15, 0.2) is 17.6 Å². The van der Waals surface area contributed by atoms with Gasteiger partial charge in [-0.2, -0.15) is 8.78 Å². The van der Waals surface area contributed by atoms with Crippen molar-refractivity contribution in [3.63, 3.8) is 0 Å². The van der Waals surface area contributed by atoms with Crippen molar-refractivity contribution in [1.82, 2.24) is 10.5 Å². The van der Waals surface area contributed by atoms with Crippen molar-refractivity contribution >= 4 is 23.5 Å². The SMILES string of the molecule is COc1ccc(CC(OCC(F)(F)C(F)F)C(=O)O)cc1CNC(=O)c1cc(-c2ccccc2Cl)on1. The lowest BCUT2D eigenvalue weighted by molar-refractivity contribution is -0.185. The van der Waals surface area contributed by atoms with E-state index in [1.165, 1.54) is 31.4 Å². The quantitative estimate of drug-likeness (QED) is 0.314. The number of aromatic nitrogens is 1. The fourth-order valence-corrected chi connectivity index (χ4v) is 3.47. The highest BCUT2D eigenvalue weighted by Gasteiger charge is 2.42. The van der Waals surface area contributed by atoms with E-state index in [0.717, 1.165) is 0 Å². The topological polar surface area (TPSA) is 111 Å². The highest BCUT2D eigenvalue weighted by atomic mass is 35.5. The van der Waals surface area contributed by atoms with Crippen LogP contribution in [-0.2, 0) is 22.5 Å². The molecule has 13 heteroatoms. The van der Waals surface area contributed by atoms with E-state index in [4.69, 9.17) is 20.9 Å². The molecule has 198 valence electrons. The fraction of sp³-hybridized carbons (Fsp3) is 0.292. The Kier molecular flexibility index (Phi) is 9.11. The number of carbonyl (C=O) groups excluding carboxylic acids is 1. The summed E-state index contributed by atoms with van der Waals surface area (Å²) in [6.45, 7) is -1.83. The first kappa shape index (κ1) is 27.9. The van der Waals surface area contributed by atoms with Crippen LogP contribution in [0.2, 0.25) is 5.02 Å². The van der Waals surface area contributed by atoms with Gasteiger partial charge in [0.25, 0.3) is 5.91 Å². The molecule has 3 aromatic rings. The molecule has 1 heterocycles. The minimum atomic E-state index is -4.49. The van der Waals surface area contributed by atoms with Crippen molar-refractivity contribution in [2.45, 2.75) is 31.4 Å². The van der Waals surface area contributed by atoms with Gasteiger partial charge in [0.2, 0.25) is 0 Å². The maximum Gasteiger partial charge on any atom is 0.333 e. The summed E-state index contributed by atoms with van der Waals surface area (Å²) < 4.78 is 66.1. The molecule has 37 heavy (non-hydrogen) atoms. The Morgan fingerprint density at radius 1 is 1.19 bits per heavy atom. The van der Waals surface area contributed by atoms with Crippen LogP contribution in [0.1, 0.15) is 21.6 Å².